The normalized spacial score (nSPS) is 17.0. The number of rotatable bonds is 2. The van der Waals surface area contributed by atoms with Crippen LogP contribution in [0.5, 0.6) is 0 Å². The molecule has 0 atom stereocenters. The Hall–Kier alpha value is -1.44. The highest BCUT2D eigenvalue weighted by atomic mass is 19.1. The molecule has 0 aromatic heterocycles. The fourth-order valence-corrected chi connectivity index (χ4v) is 1.88. The molecule has 0 spiro atoms. The number of halogens is 1. The summed E-state index contributed by atoms with van der Waals surface area (Å²) in [4.78, 5) is 2.19. The molecule has 1 aliphatic heterocycles. The highest BCUT2D eigenvalue weighted by molar-refractivity contribution is 5.33. The average molecular weight is 219 g/mol. The van der Waals surface area contributed by atoms with Crippen LogP contribution in [0.4, 0.5) is 4.39 Å². The fourth-order valence-electron chi connectivity index (χ4n) is 1.88. The zero-order chi connectivity index (χ0) is 11.4. The molecular weight excluding hydrogens is 205 g/mol. The number of hydrogen-bond donors (Lipinski definition) is 1. The van der Waals surface area contributed by atoms with E-state index in [-0.39, 0.29) is 5.82 Å². The van der Waals surface area contributed by atoms with Crippen molar-refractivity contribution in [1.29, 1.82) is 5.26 Å². The molecule has 1 fully saturated rings. The van der Waals surface area contributed by atoms with Crippen LogP contribution in [0.3, 0.4) is 0 Å². The standard InChI is InChI=1S/C12H14FN3/c13-12-2-1-10(8-14)7-11(12)9-16-5-3-15-4-6-16/h1-2,7,15H,3-6,9H2. The molecule has 3 nitrogen and oxygen atoms in total. The first-order valence-corrected chi connectivity index (χ1v) is 5.41. The lowest BCUT2D eigenvalue weighted by atomic mass is 10.1. The van der Waals surface area contributed by atoms with Gasteiger partial charge >= 0.3 is 0 Å². The molecule has 1 aromatic carbocycles. The minimum atomic E-state index is -0.225. The summed E-state index contributed by atoms with van der Waals surface area (Å²) in [5.74, 6) is -0.225. The fraction of sp³-hybridized carbons (Fsp3) is 0.417. The van der Waals surface area contributed by atoms with E-state index in [1.54, 1.807) is 6.07 Å². The molecule has 1 saturated heterocycles. The van der Waals surface area contributed by atoms with Crippen LogP contribution >= 0.6 is 0 Å². The Morgan fingerprint density at radius 2 is 2.12 bits per heavy atom. The van der Waals surface area contributed by atoms with Gasteiger partial charge < -0.3 is 5.32 Å². The van der Waals surface area contributed by atoms with Gasteiger partial charge in [0.2, 0.25) is 0 Å². The molecule has 2 rings (SSSR count). The van der Waals surface area contributed by atoms with Crippen LogP contribution in [0.25, 0.3) is 0 Å². The van der Waals surface area contributed by atoms with Crippen molar-refractivity contribution in [3.63, 3.8) is 0 Å². The Morgan fingerprint density at radius 3 is 2.81 bits per heavy atom. The van der Waals surface area contributed by atoms with E-state index in [0.29, 0.717) is 17.7 Å². The summed E-state index contributed by atoms with van der Waals surface area (Å²) >= 11 is 0. The van der Waals surface area contributed by atoms with Gasteiger partial charge in [0, 0.05) is 38.3 Å². The Labute approximate surface area is 94.5 Å². The van der Waals surface area contributed by atoms with Gasteiger partial charge in [-0.25, -0.2) is 4.39 Å². The molecule has 1 N–H and O–H groups in total. The second kappa shape index (κ2) is 5.06. The molecular formula is C12H14FN3. The molecule has 0 amide bonds. The third kappa shape index (κ3) is 2.57. The predicted octanol–water partition coefficient (Wildman–Crippen LogP) is 1.10. The largest absolute Gasteiger partial charge is 0.314 e. The Bertz CT molecular complexity index is 405. The van der Waals surface area contributed by atoms with E-state index in [0.717, 1.165) is 26.2 Å². The van der Waals surface area contributed by atoms with Crippen molar-refractivity contribution in [2.24, 2.45) is 0 Å². The van der Waals surface area contributed by atoms with Crippen molar-refractivity contribution in [2.45, 2.75) is 6.54 Å². The quantitative estimate of drug-likeness (QED) is 0.809. The molecule has 0 aliphatic carbocycles. The predicted molar refractivity (Wildman–Crippen MR) is 59.3 cm³/mol. The van der Waals surface area contributed by atoms with Gasteiger partial charge in [0.1, 0.15) is 5.82 Å². The number of nitriles is 1. The average Bonchev–Trinajstić information content (AvgIpc) is 2.33. The molecule has 0 bridgehead atoms. The van der Waals surface area contributed by atoms with Crippen LogP contribution in [-0.4, -0.2) is 31.1 Å². The second-order valence-corrected chi connectivity index (χ2v) is 3.94. The van der Waals surface area contributed by atoms with Gasteiger partial charge in [0.05, 0.1) is 11.6 Å². The first kappa shape index (κ1) is 11.1. The molecule has 16 heavy (non-hydrogen) atoms. The second-order valence-electron chi connectivity index (χ2n) is 3.94. The summed E-state index contributed by atoms with van der Waals surface area (Å²) in [5, 5.41) is 12.0. The summed E-state index contributed by atoms with van der Waals surface area (Å²) in [6, 6.07) is 6.55. The Balaban J connectivity index is 2.10. The van der Waals surface area contributed by atoms with Crippen molar-refractivity contribution < 1.29 is 4.39 Å². The summed E-state index contributed by atoms with van der Waals surface area (Å²) in [6.45, 7) is 4.33. The zero-order valence-corrected chi connectivity index (χ0v) is 9.04. The van der Waals surface area contributed by atoms with Crippen LogP contribution in [0.2, 0.25) is 0 Å². The van der Waals surface area contributed by atoms with Crippen LogP contribution in [0, 0.1) is 17.1 Å². The van der Waals surface area contributed by atoms with Gasteiger partial charge in [-0.1, -0.05) is 0 Å². The topological polar surface area (TPSA) is 39.1 Å². The maximum absolute atomic E-state index is 13.5. The molecule has 1 heterocycles. The van der Waals surface area contributed by atoms with E-state index in [1.165, 1.54) is 12.1 Å². The number of benzene rings is 1. The summed E-state index contributed by atoms with van der Waals surface area (Å²) in [5.41, 5.74) is 1.13. The third-order valence-corrected chi connectivity index (χ3v) is 2.78. The molecule has 4 heteroatoms. The van der Waals surface area contributed by atoms with Crippen molar-refractivity contribution in [1.82, 2.24) is 10.2 Å². The van der Waals surface area contributed by atoms with Crippen molar-refractivity contribution >= 4 is 0 Å². The SMILES string of the molecule is N#Cc1ccc(F)c(CN2CCNCC2)c1. The molecule has 0 saturated carbocycles. The summed E-state index contributed by atoms with van der Waals surface area (Å²) in [6.07, 6.45) is 0. The van der Waals surface area contributed by atoms with E-state index in [9.17, 15) is 4.39 Å². The Kier molecular flexibility index (Phi) is 3.50. The van der Waals surface area contributed by atoms with Gasteiger partial charge in [-0.05, 0) is 18.2 Å². The number of nitrogens with zero attached hydrogens (tertiary/aromatic N) is 2. The van der Waals surface area contributed by atoms with Crippen LogP contribution in [-0.2, 0) is 6.54 Å². The van der Waals surface area contributed by atoms with Gasteiger partial charge in [-0.15, -0.1) is 0 Å². The number of nitrogens with one attached hydrogen (secondary N) is 1. The third-order valence-electron chi connectivity index (χ3n) is 2.78. The molecule has 84 valence electrons. The van der Waals surface area contributed by atoms with Crippen molar-refractivity contribution in [3.05, 3.63) is 35.1 Å². The maximum atomic E-state index is 13.5. The number of hydrogen-bond acceptors (Lipinski definition) is 3. The van der Waals surface area contributed by atoms with Crippen LogP contribution in [0.1, 0.15) is 11.1 Å². The number of piperazine rings is 1. The van der Waals surface area contributed by atoms with Gasteiger partial charge in [-0.2, -0.15) is 5.26 Å². The smallest absolute Gasteiger partial charge is 0.127 e. The molecule has 0 unspecified atom stereocenters. The maximum Gasteiger partial charge on any atom is 0.127 e. The van der Waals surface area contributed by atoms with Crippen LogP contribution in [0.15, 0.2) is 18.2 Å². The van der Waals surface area contributed by atoms with Gasteiger partial charge in [0.15, 0.2) is 0 Å². The molecule has 1 aromatic rings. The minimum Gasteiger partial charge on any atom is -0.314 e. The van der Waals surface area contributed by atoms with Crippen molar-refractivity contribution in [3.8, 4) is 6.07 Å². The zero-order valence-electron chi connectivity index (χ0n) is 9.04. The first-order valence-electron chi connectivity index (χ1n) is 5.41. The lowest BCUT2D eigenvalue weighted by Crippen LogP contribution is -2.43. The van der Waals surface area contributed by atoms with E-state index in [1.807, 2.05) is 6.07 Å². The van der Waals surface area contributed by atoms with Gasteiger partial charge in [-0.3, -0.25) is 4.90 Å². The lowest BCUT2D eigenvalue weighted by molar-refractivity contribution is 0.230. The summed E-state index contributed by atoms with van der Waals surface area (Å²) in [7, 11) is 0. The van der Waals surface area contributed by atoms with E-state index >= 15 is 0 Å². The minimum absolute atomic E-state index is 0.225. The summed E-state index contributed by atoms with van der Waals surface area (Å²) < 4.78 is 13.5. The molecule has 0 radical (unpaired) electrons. The highest BCUT2D eigenvalue weighted by Gasteiger charge is 2.12. The van der Waals surface area contributed by atoms with E-state index < -0.39 is 0 Å². The Morgan fingerprint density at radius 1 is 1.38 bits per heavy atom. The van der Waals surface area contributed by atoms with E-state index in [2.05, 4.69) is 10.2 Å². The van der Waals surface area contributed by atoms with E-state index in [4.69, 9.17) is 5.26 Å². The van der Waals surface area contributed by atoms with Crippen molar-refractivity contribution in [2.75, 3.05) is 26.2 Å². The first-order chi connectivity index (χ1) is 7.79. The monoisotopic (exact) mass is 219 g/mol. The molecule has 1 aliphatic rings. The van der Waals surface area contributed by atoms with Gasteiger partial charge in [0.25, 0.3) is 0 Å². The highest BCUT2D eigenvalue weighted by Crippen LogP contribution is 2.13. The lowest BCUT2D eigenvalue weighted by Gasteiger charge is -2.27. The van der Waals surface area contributed by atoms with Crippen LogP contribution < -0.4 is 5.32 Å².